The summed E-state index contributed by atoms with van der Waals surface area (Å²) in [6.45, 7) is 0.864. The molecule has 8 heteroatoms. The zero-order valence-electron chi connectivity index (χ0n) is 13.1. The SMILES string of the molecule is Cn1cc(O[C@@H]2COC[C@@H]2NCc2ccccc2C(F)(F)F)cn1. The third-order valence-corrected chi connectivity index (χ3v) is 3.87. The summed E-state index contributed by atoms with van der Waals surface area (Å²) in [5.41, 5.74) is -0.418. The minimum Gasteiger partial charge on any atom is -0.483 e. The molecule has 1 N–H and O–H groups in total. The van der Waals surface area contributed by atoms with E-state index in [-0.39, 0.29) is 24.3 Å². The summed E-state index contributed by atoms with van der Waals surface area (Å²) in [7, 11) is 1.78. The number of nitrogens with zero attached hydrogens (tertiary/aromatic N) is 2. The van der Waals surface area contributed by atoms with E-state index in [2.05, 4.69) is 10.4 Å². The van der Waals surface area contributed by atoms with E-state index in [1.165, 1.54) is 12.1 Å². The first-order chi connectivity index (χ1) is 11.4. The van der Waals surface area contributed by atoms with Gasteiger partial charge in [-0.2, -0.15) is 18.3 Å². The maximum absolute atomic E-state index is 13.0. The number of aromatic nitrogens is 2. The molecular weight excluding hydrogens is 323 g/mol. The fourth-order valence-corrected chi connectivity index (χ4v) is 2.67. The Kier molecular flexibility index (Phi) is 4.77. The molecule has 2 aromatic rings. The van der Waals surface area contributed by atoms with Gasteiger partial charge in [-0.1, -0.05) is 18.2 Å². The van der Waals surface area contributed by atoms with E-state index >= 15 is 0 Å². The summed E-state index contributed by atoms with van der Waals surface area (Å²) in [6, 6.07) is 5.36. The van der Waals surface area contributed by atoms with Gasteiger partial charge < -0.3 is 14.8 Å². The van der Waals surface area contributed by atoms with Crippen molar-refractivity contribution >= 4 is 0 Å². The average Bonchev–Trinajstić information content (AvgIpc) is 3.14. The van der Waals surface area contributed by atoms with Crippen LogP contribution in [0.15, 0.2) is 36.7 Å². The Bertz CT molecular complexity index is 687. The predicted octanol–water partition coefficient (Wildman–Crippen LogP) is 2.37. The first kappa shape index (κ1) is 16.8. The number of rotatable bonds is 5. The molecule has 1 saturated heterocycles. The van der Waals surface area contributed by atoms with Crippen molar-refractivity contribution in [2.24, 2.45) is 7.05 Å². The van der Waals surface area contributed by atoms with Gasteiger partial charge in [-0.05, 0) is 11.6 Å². The van der Waals surface area contributed by atoms with Gasteiger partial charge in [0, 0.05) is 13.6 Å². The fourth-order valence-electron chi connectivity index (χ4n) is 2.67. The summed E-state index contributed by atoms with van der Waals surface area (Å²) in [4.78, 5) is 0. The van der Waals surface area contributed by atoms with Gasteiger partial charge in [0.1, 0.15) is 6.10 Å². The second kappa shape index (κ2) is 6.82. The van der Waals surface area contributed by atoms with Crippen molar-refractivity contribution in [1.29, 1.82) is 0 Å². The van der Waals surface area contributed by atoms with Crippen molar-refractivity contribution in [3.8, 4) is 5.75 Å². The van der Waals surface area contributed by atoms with Crippen LogP contribution in [0.2, 0.25) is 0 Å². The van der Waals surface area contributed by atoms with Crippen LogP contribution in [0.4, 0.5) is 13.2 Å². The van der Waals surface area contributed by atoms with Crippen molar-refractivity contribution in [3.05, 3.63) is 47.8 Å². The van der Waals surface area contributed by atoms with E-state index in [1.54, 1.807) is 30.2 Å². The predicted molar refractivity (Wildman–Crippen MR) is 80.5 cm³/mol. The minimum atomic E-state index is -4.37. The number of aryl methyl sites for hydroxylation is 1. The molecule has 0 spiro atoms. The van der Waals surface area contributed by atoms with E-state index < -0.39 is 11.7 Å². The van der Waals surface area contributed by atoms with Crippen LogP contribution in [0.1, 0.15) is 11.1 Å². The van der Waals surface area contributed by atoms with Crippen LogP contribution in [0, 0.1) is 0 Å². The van der Waals surface area contributed by atoms with E-state index in [4.69, 9.17) is 9.47 Å². The highest BCUT2D eigenvalue weighted by Crippen LogP contribution is 2.31. The first-order valence-corrected chi connectivity index (χ1v) is 7.55. The van der Waals surface area contributed by atoms with Crippen molar-refractivity contribution in [2.75, 3.05) is 13.2 Å². The molecule has 1 aliphatic heterocycles. The van der Waals surface area contributed by atoms with Crippen LogP contribution in [0.3, 0.4) is 0 Å². The van der Waals surface area contributed by atoms with Crippen LogP contribution < -0.4 is 10.1 Å². The van der Waals surface area contributed by atoms with Gasteiger partial charge in [0.25, 0.3) is 0 Å². The quantitative estimate of drug-likeness (QED) is 0.907. The molecule has 2 atom stereocenters. The molecule has 1 aromatic carbocycles. The van der Waals surface area contributed by atoms with Crippen molar-refractivity contribution in [3.63, 3.8) is 0 Å². The number of hydrogen-bond acceptors (Lipinski definition) is 4. The molecule has 0 saturated carbocycles. The highest BCUT2D eigenvalue weighted by Gasteiger charge is 2.34. The third-order valence-electron chi connectivity index (χ3n) is 3.87. The minimum absolute atomic E-state index is 0.0939. The normalized spacial score (nSPS) is 21.2. The summed E-state index contributed by atoms with van der Waals surface area (Å²) in [5.74, 6) is 0.607. The molecule has 1 aromatic heterocycles. The van der Waals surface area contributed by atoms with Crippen LogP contribution in [-0.2, 0) is 24.5 Å². The summed E-state index contributed by atoms with van der Waals surface area (Å²) >= 11 is 0. The molecular formula is C16H18F3N3O2. The molecule has 24 heavy (non-hydrogen) atoms. The van der Waals surface area contributed by atoms with Crippen LogP contribution in [-0.4, -0.2) is 35.1 Å². The van der Waals surface area contributed by atoms with Gasteiger partial charge in [-0.15, -0.1) is 0 Å². The molecule has 0 aliphatic carbocycles. The topological polar surface area (TPSA) is 48.3 Å². The zero-order chi connectivity index (χ0) is 17.2. The monoisotopic (exact) mass is 341 g/mol. The highest BCUT2D eigenvalue weighted by atomic mass is 19.4. The molecule has 2 heterocycles. The number of halogens is 3. The largest absolute Gasteiger partial charge is 0.483 e. The Labute approximate surface area is 137 Å². The number of ether oxygens (including phenoxy) is 2. The number of alkyl halides is 3. The number of benzene rings is 1. The Morgan fingerprint density at radius 3 is 2.83 bits per heavy atom. The Balaban J connectivity index is 1.64. The van der Waals surface area contributed by atoms with Gasteiger partial charge in [-0.3, -0.25) is 4.68 Å². The smallest absolute Gasteiger partial charge is 0.416 e. The van der Waals surface area contributed by atoms with Crippen LogP contribution in [0.25, 0.3) is 0 Å². The number of hydrogen-bond donors (Lipinski definition) is 1. The summed E-state index contributed by atoms with van der Waals surface area (Å²) < 4.78 is 51.9. The molecule has 130 valence electrons. The van der Waals surface area contributed by atoms with Gasteiger partial charge in [-0.25, -0.2) is 0 Å². The van der Waals surface area contributed by atoms with Crippen molar-refractivity contribution < 1.29 is 22.6 Å². The Morgan fingerprint density at radius 2 is 2.12 bits per heavy atom. The zero-order valence-corrected chi connectivity index (χ0v) is 13.1. The lowest BCUT2D eigenvalue weighted by molar-refractivity contribution is -0.138. The number of nitrogens with one attached hydrogen (secondary N) is 1. The first-order valence-electron chi connectivity index (χ1n) is 7.55. The molecule has 1 fully saturated rings. The third kappa shape index (κ3) is 3.88. The average molecular weight is 341 g/mol. The highest BCUT2D eigenvalue weighted by molar-refractivity contribution is 5.29. The Hall–Kier alpha value is -2.06. The molecule has 1 aliphatic rings. The second-order valence-corrected chi connectivity index (χ2v) is 5.69. The van der Waals surface area contributed by atoms with E-state index in [0.717, 1.165) is 6.07 Å². The van der Waals surface area contributed by atoms with E-state index in [9.17, 15) is 13.2 Å². The van der Waals surface area contributed by atoms with Gasteiger partial charge in [0.15, 0.2) is 5.75 Å². The maximum Gasteiger partial charge on any atom is 0.416 e. The second-order valence-electron chi connectivity index (χ2n) is 5.69. The summed E-state index contributed by atoms with van der Waals surface area (Å²) in [6.07, 6.45) is -1.31. The maximum atomic E-state index is 13.0. The molecule has 0 amide bonds. The molecule has 5 nitrogen and oxygen atoms in total. The molecule has 0 bridgehead atoms. The lowest BCUT2D eigenvalue weighted by Crippen LogP contribution is -2.41. The van der Waals surface area contributed by atoms with Crippen LogP contribution >= 0.6 is 0 Å². The molecule has 0 radical (unpaired) electrons. The van der Waals surface area contributed by atoms with Gasteiger partial charge in [0.05, 0.1) is 37.2 Å². The molecule has 0 unspecified atom stereocenters. The lowest BCUT2D eigenvalue weighted by atomic mass is 10.1. The summed E-state index contributed by atoms with van der Waals surface area (Å²) in [5, 5.41) is 7.13. The van der Waals surface area contributed by atoms with E-state index in [0.29, 0.717) is 19.0 Å². The van der Waals surface area contributed by atoms with E-state index in [1.807, 2.05) is 0 Å². The molecule has 3 rings (SSSR count). The van der Waals surface area contributed by atoms with Crippen molar-refractivity contribution in [2.45, 2.75) is 24.9 Å². The Morgan fingerprint density at radius 1 is 1.33 bits per heavy atom. The van der Waals surface area contributed by atoms with Crippen LogP contribution in [0.5, 0.6) is 5.75 Å². The van der Waals surface area contributed by atoms with Gasteiger partial charge >= 0.3 is 6.18 Å². The van der Waals surface area contributed by atoms with Gasteiger partial charge in [0.2, 0.25) is 0 Å². The standard InChI is InChI=1S/C16H18F3N3O2/c1-22-8-12(7-21-22)24-15-10-23-9-14(15)20-6-11-4-2-3-5-13(11)16(17,18)19/h2-5,7-8,14-15,20H,6,9-10H2,1H3/t14-,15+/m0/s1. The van der Waals surface area contributed by atoms with Crippen molar-refractivity contribution in [1.82, 2.24) is 15.1 Å². The lowest BCUT2D eigenvalue weighted by Gasteiger charge is -2.21. The fraction of sp³-hybridized carbons (Fsp3) is 0.438.